The molecule has 0 saturated carbocycles. The van der Waals surface area contributed by atoms with E-state index >= 15 is 0 Å². The van der Waals surface area contributed by atoms with E-state index in [4.69, 9.17) is 9.47 Å². The van der Waals surface area contributed by atoms with Crippen molar-refractivity contribution < 1.29 is 36.6 Å². The summed E-state index contributed by atoms with van der Waals surface area (Å²) in [6, 6.07) is 26.7. The van der Waals surface area contributed by atoms with Crippen LogP contribution in [-0.2, 0) is 0 Å². The van der Waals surface area contributed by atoms with Gasteiger partial charge in [0.15, 0.2) is 0 Å². The molecule has 0 aliphatic rings. The Morgan fingerprint density at radius 2 is 0.682 bits per heavy atom. The summed E-state index contributed by atoms with van der Waals surface area (Å²) in [5.74, 6) is -10.2. The number of halogens is 4. The highest BCUT2D eigenvalue weighted by Gasteiger charge is 2.29. The summed E-state index contributed by atoms with van der Waals surface area (Å²) in [5, 5.41) is 10.4. The summed E-state index contributed by atoms with van der Waals surface area (Å²) in [6.45, 7) is 0. The van der Waals surface area contributed by atoms with Gasteiger partial charge in [0.25, 0.3) is 0 Å². The SMILES string of the molecule is O=C(Nc1ccccc1)Nc1ccc(Oc2c(F)c(F)c(Oc3ccc(NC(=O)Nc4ccccc4)cc3)c(F)c2F)cc1. The number of benzene rings is 5. The molecule has 12 heteroatoms. The topological polar surface area (TPSA) is 101 Å². The highest BCUT2D eigenvalue weighted by Crippen LogP contribution is 2.39. The van der Waals surface area contributed by atoms with Crippen LogP contribution < -0.4 is 30.7 Å². The molecule has 5 aromatic rings. The van der Waals surface area contributed by atoms with E-state index in [0.29, 0.717) is 22.7 Å². The van der Waals surface area contributed by atoms with E-state index in [9.17, 15) is 27.2 Å². The molecule has 0 saturated heterocycles. The molecule has 5 aromatic carbocycles. The van der Waals surface area contributed by atoms with Crippen molar-refractivity contribution in [2.45, 2.75) is 0 Å². The van der Waals surface area contributed by atoms with Gasteiger partial charge in [0, 0.05) is 22.7 Å². The first-order valence-electron chi connectivity index (χ1n) is 12.9. The Morgan fingerprint density at radius 1 is 0.409 bits per heavy atom. The Balaban J connectivity index is 1.23. The average Bonchev–Trinajstić information content (AvgIpc) is 3.03. The summed E-state index contributed by atoms with van der Waals surface area (Å²) in [6.07, 6.45) is 0. The average molecular weight is 603 g/mol. The summed E-state index contributed by atoms with van der Waals surface area (Å²) in [5.41, 5.74) is 1.74. The number of carbonyl (C=O) groups excluding carboxylic acids is 2. The molecule has 0 aliphatic carbocycles. The van der Waals surface area contributed by atoms with Crippen molar-refractivity contribution in [3.8, 4) is 23.0 Å². The van der Waals surface area contributed by atoms with Gasteiger partial charge in [-0.15, -0.1) is 0 Å². The smallest absolute Gasteiger partial charge is 0.323 e. The van der Waals surface area contributed by atoms with Crippen LogP contribution >= 0.6 is 0 Å². The molecule has 44 heavy (non-hydrogen) atoms. The zero-order valence-electron chi connectivity index (χ0n) is 22.5. The Bertz CT molecular complexity index is 1610. The molecular formula is C32H22F4N4O4. The quantitative estimate of drug-likeness (QED) is 0.105. The molecule has 4 N–H and O–H groups in total. The first kappa shape index (κ1) is 29.5. The molecule has 8 nitrogen and oxygen atoms in total. The number of ether oxygens (including phenoxy) is 2. The highest BCUT2D eigenvalue weighted by molar-refractivity contribution is 6.00. The van der Waals surface area contributed by atoms with Crippen molar-refractivity contribution in [1.82, 2.24) is 0 Å². The molecule has 0 radical (unpaired) electrons. The van der Waals surface area contributed by atoms with Crippen LogP contribution in [0.4, 0.5) is 49.9 Å². The minimum Gasteiger partial charge on any atom is -0.451 e. The highest BCUT2D eigenvalue weighted by atomic mass is 19.2. The van der Waals surface area contributed by atoms with E-state index in [0.717, 1.165) is 0 Å². The third-order valence-electron chi connectivity index (χ3n) is 5.91. The second kappa shape index (κ2) is 13.3. The number of urea groups is 2. The van der Waals surface area contributed by atoms with Crippen molar-refractivity contribution in [3.63, 3.8) is 0 Å². The van der Waals surface area contributed by atoms with Crippen LogP contribution in [0.2, 0.25) is 0 Å². The molecule has 0 atom stereocenters. The van der Waals surface area contributed by atoms with Gasteiger partial charge in [-0.2, -0.15) is 17.6 Å². The predicted molar refractivity (Wildman–Crippen MR) is 157 cm³/mol. The maximum atomic E-state index is 14.8. The number of nitrogens with one attached hydrogen (secondary N) is 4. The summed E-state index contributed by atoms with van der Waals surface area (Å²) < 4.78 is 69.5. The van der Waals surface area contributed by atoms with E-state index in [1.165, 1.54) is 48.5 Å². The van der Waals surface area contributed by atoms with Gasteiger partial charge in [0.2, 0.25) is 34.8 Å². The molecule has 0 heterocycles. The Kier molecular flexibility index (Phi) is 8.90. The van der Waals surface area contributed by atoms with Gasteiger partial charge < -0.3 is 30.7 Å². The van der Waals surface area contributed by atoms with Crippen LogP contribution in [0, 0.1) is 23.3 Å². The van der Waals surface area contributed by atoms with E-state index in [-0.39, 0.29) is 11.5 Å². The predicted octanol–water partition coefficient (Wildman–Crippen LogP) is 9.12. The van der Waals surface area contributed by atoms with Crippen molar-refractivity contribution in [1.29, 1.82) is 0 Å². The van der Waals surface area contributed by atoms with Gasteiger partial charge in [0.1, 0.15) is 11.5 Å². The number of carbonyl (C=O) groups is 2. The maximum Gasteiger partial charge on any atom is 0.323 e. The van der Waals surface area contributed by atoms with Crippen LogP contribution in [0.3, 0.4) is 0 Å². The maximum absolute atomic E-state index is 14.8. The van der Waals surface area contributed by atoms with E-state index in [1.54, 1.807) is 60.7 Å². The molecule has 0 bridgehead atoms. The van der Waals surface area contributed by atoms with Crippen LogP contribution in [0.25, 0.3) is 0 Å². The molecule has 0 fully saturated rings. The third kappa shape index (κ3) is 7.23. The third-order valence-corrected chi connectivity index (χ3v) is 5.91. The van der Waals surface area contributed by atoms with Gasteiger partial charge in [0.05, 0.1) is 0 Å². The number of amides is 4. The fourth-order valence-electron chi connectivity index (χ4n) is 3.85. The van der Waals surface area contributed by atoms with Crippen LogP contribution in [0.1, 0.15) is 0 Å². The van der Waals surface area contributed by atoms with E-state index in [1.807, 2.05) is 0 Å². The van der Waals surface area contributed by atoms with E-state index in [2.05, 4.69) is 21.3 Å². The lowest BCUT2D eigenvalue weighted by Gasteiger charge is -2.14. The summed E-state index contributed by atoms with van der Waals surface area (Å²) in [7, 11) is 0. The second-order valence-electron chi connectivity index (χ2n) is 9.06. The Labute approximate surface area is 248 Å². The zero-order chi connectivity index (χ0) is 31.1. The lowest BCUT2D eigenvalue weighted by Crippen LogP contribution is -2.19. The molecule has 222 valence electrons. The standard InChI is InChI=1S/C32H22F4N4O4/c33-25-27(35)30(44-24-17-13-22(14-18-24)40-32(42)38-20-9-5-2-6-10-20)28(36)26(34)29(25)43-23-15-11-21(12-16-23)39-31(41)37-19-7-3-1-4-8-19/h1-18H,(H2,37,39,41)(H2,38,40,42). The van der Waals surface area contributed by atoms with Gasteiger partial charge >= 0.3 is 12.1 Å². The largest absolute Gasteiger partial charge is 0.451 e. The summed E-state index contributed by atoms with van der Waals surface area (Å²) in [4.78, 5) is 24.3. The van der Waals surface area contributed by atoms with E-state index < -0.39 is 46.8 Å². The lowest BCUT2D eigenvalue weighted by molar-refractivity contribution is 0.261. The molecule has 0 spiro atoms. The van der Waals surface area contributed by atoms with Gasteiger partial charge in [-0.25, -0.2) is 9.59 Å². The van der Waals surface area contributed by atoms with Crippen molar-refractivity contribution in [3.05, 3.63) is 132 Å². The first-order chi connectivity index (χ1) is 21.3. The van der Waals surface area contributed by atoms with Gasteiger partial charge in [-0.05, 0) is 72.8 Å². The minimum atomic E-state index is -1.82. The lowest BCUT2D eigenvalue weighted by atomic mass is 10.2. The number of hydrogen-bond donors (Lipinski definition) is 4. The normalized spacial score (nSPS) is 10.5. The van der Waals surface area contributed by atoms with Crippen LogP contribution in [-0.4, -0.2) is 12.1 Å². The zero-order valence-corrected chi connectivity index (χ0v) is 22.5. The first-order valence-corrected chi connectivity index (χ1v) is 12.9. The fraction of sp³-hybridized carbons (Fsp3) is 0. The monoisotopic (exact) mass is 602 g/mol. The second-order valence-corrected chi connectivity index (χ2v) is 9.06. The van der Waals surface area contributed by atoms with Gasteiger partial charge in [-0.1, -0.05) is 36.4 Å². The minimum absolute atomic E-state index is 0.163. The Morgan fingerprint density at radius 3 is 0.977 bits per heavy atom. The molecule has 0 aliphatic heterocycles. The van der Waals surface area contributed by atoms with Crippen molar-refractivity contribution in [2.75, 3.05) is 21.3 Å². The van der Waals surface area contributed by atoms with Gasteiger partial charge in [-0.3, -0.25) is 0 Å². The molecule has 5 rings (SSSR count). The molecule has 4 amide bonds. The number of hydrogen-bond acceptors (Lipinski definition) is 4. The molecular weight excluding hydrogens is 580 g/mol. The van der Waals surface area contributed by atoms with Crippen molar-refractivity contribution >= 4 is 34.8 Å². The summed E-state index contributed by atoms with van der Waals surface area (Å²) >= 11 is 0. The number of para-hydroxylation sites is 2. The van der Waals surface area contributed by atoms with Crippen molar-refractivity contribution in [2.24, 2.45) is 0 Å². The van der Waals surface area contributed by atoms with Crippen LogP contribution in [0.5, 0.6) is 23.0 Å². The molecule has 0 aromatic heterocycles. The Hall–Kier alpha value is -6.04. The van der Waals surface area contributed by atoms with Crippen LogP contribution in [0.15, 0.2) is 109 Å². The number of rotatable bonds is 8. The molecule has 0 unspecified atom stereocenters. The number of anilines is 4. The fourth-order valence-corrected chi connectivity index (χ4v) is 3.85.